The summed E-state index contributed by atoms with van der Waals surface area (Å²) < 4.78 is 34.3. The fraction of sp³-hybridized carbons (Fsp3) is 0.441. The smallest absolute Gasteiger partial charge is 0.327 e. The van der Waals surface area contributed by atoms with E-state index in [9.17, 15) is 22.9 Å². The van der Waals surface area contributed by atoms with Crippen LogP contribution in [0, 0.1) is 0 Å². The van der Waals surface area contributed by atoms with Gasteiger partial charge >= 0.3 is 11.8 Å². The first-order valence-electron chi connectivity index (χ1n) is 15.1. The number of fused-ring (bicyclic) bond motifs is 2. The highest BCUT2D eigenvalue weighted by molar-refractivity contribution is 7.85. The third-order valence-electron chi connectivity index (χ3n) is 8.49. The highest BCUT2D eigenvalue weighted by Crippen LogP contribution is 2.47. The Balaban J connectivity index is 1.71. The van der Waals surface area contributed by atoms with E-state index in [1.165, 1.54) is 0 Å². The molecule has 0 fully saturated rings. The summed E-state index contributed by atoms with van der Waals surface area (Å²) in [6.45, 7) is 11.9. The number of hydrogen-bond donors (Lipinski definition) is 2. The predicted molar refractivity (Wildman–Crippen MR) is 177 cm³/mol. The molecule has 0 radical (unpaired) electrons. The topological polar surface area (TPSA) is 111 Å². The number of carboxylic acid groups (broad SMARTS) is 1. The molecule has 2 aliphatic heterocycles. The van der Waals surface area contributed by atoms with Gasteiger partial charge in [0.05, 0.1) is 28.3 Å². The molecule has 0 aliphatic carbocycles. The Morgan fingerprint density at radius 3 is 2.50 bits per heavy atom. The molecule has 4 rings (SSSR count). The third kappa shape index (κ3) is 7.50. The Labute approximate surface area is 266 Å². The van der Waals surface area contributed by atoms with Crippen LogP contribution < -0.4 is 9.47 Å². The molecule has 44 heavy (non-hydrogen) atoms. The van der Waals surface area contributed by atoms with Crippen molar-refractivity contribution in [3.8, 4) is 0 Å². The number of benzene rings is 1. The van der Waals surface area contributed by atoms with Crippen LogP contribution in [0.5, 0.6) is 0 Å². The van der Waals surface area contributed by atoms with Gasteiger partial charge in [-0.15, -0.1) is 0 Å². The second kappa shape index (κ2) is 13.4. The fourth-order valence-electron chi connectivity index (χ4n) is 5.96. The van der Waals surface area contributed by atoms with Crippen molar-refractivity contribution >= 4 is 44.9 Å². The van der Waals surface area contributed by atoms with Crippen LogP contribution in [0.15, 0.2) is 77.1 Å². The second-order valence-electron chi connectivity index (χ2n) is 12.5. The van der Waals surface area contributed by atoms with Crippen LogP contribution >= 0.6 is 11.6 Å². The first-order chi connectivity index (χ1) is 20.6. The van der Waals surface area contributed by atoms with Crippen molar-refractivity contribution in [3.63, 3.8) is 0 Å². The quantitative estimate of drug-likeness (QED) is 0.137. The number of nitrogens with zero attached hydrogens (tertiary/aromatic N) is 3. The molecule has 10 heteroatoms. The number of halogens is 1. The predicted octanol–water partition coefficient (Wildman–Crippen LogP) is 7.10. The largest absolute Gasteiger partial charge is 0.481 e. The van der Waals surface area contributed by atoms with Gasteiger partial charge in [0, 0.05) is 29.8 Å². The summed E-state index contributed by atoms with van der Waals surface area (Å²) in [5, 5.41) is 10.1. The Morgan fingerprint density at radius 1 is 1.09 bits per heavy atom. The summed E-state index contributed by atoms with van der Waals surface area (Å²) in [7, 11) is -4.08. The van der Waals surface area contributed by atoms with Crippen molar-refractivity contribution in [2.75, 3.05) is 17.2 Å². The van der Waals surface area contributed by atoms with Crippen LogP contribution in [-0.2, 0) is 32.3 Å². The van der Waals surface area contributed by atoms with Crippen LogP contribution in [0.3, 0.4) is 0 Å². The summed E-state index contributed by atoms with van der Waals surface area (Å²) >= 11 is 6.50. The number of pyridine rings is 1. The summed E-state index contributed by atoms with van der Waals surface area (Å²) in [6.07, 6.45) is 12.4. The molecular formula is C34H43ClN3O5S+. The van der Waals surface area contributed by atoms with E-state index in [1.807, 2.05) is 54.8 Å². The lowest BCUT2D eigenvalue weighted by Gasteiger charge is -2.27. The Bertz CT molecular complexity index is 1650. The van der Waals surface area contributed by atoms with Crippen LogP contribution in [-0.4, -0.2) is 42.1 Å². The van der Waals surface area contributed by atoms with Gasteiger partial charge in [0.25, 0.3) is 10.1 Å². The van der Waals surface area contributed by atoms with Gasteiger partial charge in [-0.3, -0.25) is 9.35 Å². The molecule has 0 unspecified atom stereocenters. The molecule has 2 N–H and O–H groups in total. The van der Waals surface area contributed by atoms with E-state index < -0.39 is 16.1 Å². The van der Waals surface area contributed by atoms with E-state index >= 15 is 0 Å². The summed E-state index contributed by atoms with van der Waals surface area (Å²) in [4.78, 5) is 18.7. The van der Waals surface area contributed by atoms with Crippen molar-refractivity contribution in [2.24, 2.45) is 4.99 Å². The maximum absolute atomic E-state index is 11.6. The van der Waals surface area contributed by atoms with E-state index in [0.717, 1.165) is 59.0 Å². The number of rotatable bonds is 13. The second-order valence-corrected chi connectivity index (χ2v) is 14.5. The number of para-hydroxylation sites is 1. The van der Waals surface area contributed by atoms with E-state index in [0.29, 0.717) is 18.0 Å². The zero-order valence-electron chi connectivity index (χ0n) is 26.2. The molecule has 0 bridgehead atoms. The number of carbonyl (C=O) groups is 1. The monoisotopic (exact) mass is 640 g/mol. The van der Waals surface area contributed by atoms with Crippen molar-refractivity contribution in [2.45, 2.75) is 84.1 Å². The maximum Gasteiger partial charge on any atom is 0.327 e. The number of unbranched alkanes of at least 4 members (excludes halogenated alkanes) is 1. The molecule has 2 aliphatic rings. The molecule has 0 amide bonds. The van der Waals surface area contributed by atoms with Gasteiger partial charge in [-0.05, 0) is 73.5 Å². The number of hydrogen-bond acceptors (Lipinski definition) is 5. The van der Waals surface area contributed by atoms with Crippen molar-refractivity contribution < 1.29 is 27.4 Å². The van der Waals surface area contributed by atoms with E-state index in [4.69, 9.17) is 16.6 Å². The standard InChI is InChI=1S/C34H42ClN3O5S/c1-6-7-19-37-23-25(35)22-27-32(37)36-29(33(27,2)3)16-13-24(15-18-31(39)40)14-17-30-34(4,5)26-11-8-9-12-28(26)38(30)20-10-21-44(41,42)43/h8-9,11-14,16-17,22-23H,6-7,10,15,18-21H2,1-5H3,(H-,39,40,41,42,43)/p+1. The highest BCUT2D eigenvalue weighted by Gasteiger charge is 2.43. The number of anilines is 1. The molecule has 236 valence electrons. The van der Waals surface area contributed by atoms with Gasteiger partial charge in [0.2, 0.25) is 0 Å². The van der Waals surface area contributed by atoms with Crippen molar-refractivity contribution in [3.05, 3.63) is 88.3 Å². The highest BCUT2D eigenvalue weighted by atomic mass is 35.5. The Kier molecular flexibility index (Phi) is 10.2. The third-order valence-corrected chi connectivity index (χ3v) is 9.50. The molecule has 2 aromatic rings. The lowest BCUT2D eigenvalue weighted by atomic mass is 9.82. The fourth-order valence-corrected chi connectivity index (χ4v) is 6.68. The zero-order chi connectivity index (χ0) is 32.3. The average Bonchev–Trinajstić information content (AvgIpc) is 3.32. The zero-order valence-corrected chi connectivity index (χ0v) is 27.7. The number of carboxylic acids is 1. The first-order valence-corrected chi connectivity index (χ1v) is 17.1. The molecule has 0 saturated carbocycles. The van der Waals surface area contributed by atoms with Gasteiger partial charge in [0.15, 0.2) is 5.71 Å². The Hall–Kier alpha value is -3.27. The van der Waals surface area contributed by atoms with Crippen LogP contribution in [0.4, 0.5) is 11.5 Å². The molecule has 1 aromatic carbocycles. The number of aromatic nitrogens is 1. The van der Waals surface area contributed by atoms with Gasteiger partial charge in [-0.1, -0.05) is 69.1 Å². The normalized spacial score (nSPS) is 18.2. The van der Waals surface area contributed by atoms with Gasteiger partial charge < -0.3 is 10.0 Å². The van der Waals surface area contributed by atoms with Crippen LogP contribution in [0.1, 0.15) is 77.8 Å². The van der Waals surface area contributed by atoms with Gasteiger partial charge in [0.1, 0.15) is 6.20 Å². The van der Waals surface area contributed by atoms with E-state index in [-0.39, 0.29) is 29.4 Å². The van der Waals surface area contributed by atoms with E-state index in [1.54, 1.807) is 0 Å². The molecule has 0 saturated heterocycles. The maximum atomic E-state index is 11.6. The molecular weight excluding hydrogens is 598 g/mol. The molecule has 0 spiro atoms. The molecule has 0 atom stereocenters. The molecule has 3 heterocycles. The minimum atomic E-state index is -4.08. The van der Waals surface area contributed by atoms with Gasteiger partial charge in [-0.2, -0.15) is 8.42 Å². The van der Waals surface area contributed by atoms with Crippen LogP contribution in [0.2, 0.25) is 5.02 Å². The van der Waals surface area contributed by atoms with Gasteiger partial charge in [-0.25, -0.2) is 4.57 Å². The number of allylic oxidation sites excluding steroid dienone is 6. The minimum Gasteiger partial charge on any atom is -0.481 e. The Morgan fingerprint density at radius 2 is 1.82 bits per heavy atom. The number of aliphatic imine (C=N–C) groups is 1. The SMILES string of the molecule is CCCC[n+]1cc(Cl)cc2c1N=C(/C=C/C(=C/C=C1/N(CCCS(=O)(=O)O)c3ccccc3C1(C)C)CCC(=O)O)C2(C)C. The lowest BCUT2D eigenvalue weighted by molar-refractivity contribution is -0.684. The summed E-state index contributed by atoms with van der Waals surface area (Å²) in [5.74, 6) is -0.308. The van der Waals surface area contributed by atoms with E-state index in [2.05, 4.69) is 50.2 Å². The first kappa shape index (κ1) is 33.6. The van der Waals surface area contributed by atoms with Crippen LogP contribution in [0.25, 0.3) is 0 Å². The van der Waals surface area contributed by atoms with Crippen molar-refractivity contribution in [1.29, 1.82) is 0 Å². The molecule has 8 nitrogen and oxygen atoms in total. The number of aliphatic carboxylic acids is 1. The minimum absolute atomic E-state index is 0.0240. The lowest BCUT2D eigenvalue weighted by Crippen LogP contribution is -2.35. The van der Waals surface area contributed by atoms with Crippen molar-refractivity contribution in [1.82, 2.24) is 0 Å². The molecule has 1 aromatic heterocycles. The number of aryl methyl sites for hydroxylation is 1. The average molecular weight is 641 g/mol. The summed E-state index contributed by atoms with van der Waals surface area (Å²) in [6, 6.07) is 9.99. The summed E-state index contributed by atoms with van der Waals surface area (Å²) in [5.41, 5.74) is 5.06.